The summed E-state index contributed by atoms with van der Waals surface area (Å²) in [4.78, 5) is 29.6. The van der Waals surface area contributed by atoms with Crippen LogP contribution in [0.4, 0.5) is 0 Å². The summed E-state index contributed by atoms with van der Waals surface area (Å²) in [5.41, 5.74) is 7.08. The second-order valence-electron chi connectivity index (χ2n) is 13.2. The number of hydrogen-bond acceptors (Lipinski definition) is 8. The summed E-state index contributed by atoms with van der Waals surface area (Å²) < 4.78 is 12.9. The van der Waals surface area contributed by atoms with E-state index in [0.29, 0.717) is 58.5 Å². The van der Waals surface area contributed by atoms with E-state index in [-0.39, 0.29) is 0 Å². The third-order valence-electron chi connectivity index (χ3n) is 9.08. The lowest BCUT2D eigenvalue weighted by Crippen LogP contribution is -2.05. The van der Waals surface area contributed by atoms with E-state index in [9.17, 15) is 0 Å². The average Bonchev–Trinajstić information content (AvgIpc) is 3.20. The zero-order valence-electron chi connectivity index (χ0n) is 30.6. The summed E-state index contributed by atoms with van der Waals surface area (Å²) in [6.45, 7) is 5.74. The van der Waals surface area contributed by atoms with Crippen LogP contribution in [0, 0.1) is 0 Å². The summed E-state index contributed by atoms with van der Waals surface area (Å²) in [6, 6.07) is 27.4. The van der Waals surface area contributed by atoms with Gasteiger partial charge in [-0.25, -0.2) is 19.9 Å². The van der Waals surface area contributed by atoms with Gasteiger partial charge in [0.1, 0.15) is 11.4 Å². The topological polar surface area (TPSA) is 95.8 Å². The van der Waals surface area contributed by atoms with Gasteiger partial charge in [-0.1, -0.05) is 102 Å². The first-order valence-corrected chi connectivity index (χ1v) is 19.1. The van der Waals surface area contributed by atoms with Crippen molar-refractivity contribution in [2.24, 2.45) is 0 Å². The molecule has 0 aliphatic heterocycles. The van der Waals surface area contributed by atoms with E-state index < -0.39 is 0 Å². The highest BCUT2D eigenvalue weighted by Crippen LogP contribution is 2.36. The van der Waals surface area contributed by atoms with Crippen molar-refractivity contribution in [3.05, 3.63) is 97.3 Å². The Morgan fingerprint density at radius 3 is 1.23 bits per heavy atom. The van der Waals surface area contributed by atoms with Crippen molar-refractivity contribution in [2.75, 3.05) is 13.2 Å². The Morgan fingerprint density at radius 2 is 0.808 bits per heavy atom. The van der Waals surface area contributed by atoms with Crippen LogP contribution >= 0.6 is 0 Å². The maximum Gasteiger partial charge on any atom is 0.163 e. The lowest BCUT2D eigenvalue weighted by Gasteiger charge is -2.16. The molecule has 0 aliphatic rings. The van der Waals surface area contributed by atoms with E-state index in [1.165, 1.54) is 51.4 Å². The minimum atomic E-state index is 0.624. The third kappa shape index (κ3) is 9.96. The molecule has 0 N–H and O–H groups in total. The van der Waals surface area contributed by atoms with Gasteiger partial charge in [0, 0.05) is 24.5 Å². The predicted molar refractivity (Wildman–Crippen MR) is 210 cm³/mol. The maximum atomic E-state index is 6.43. The molecule has 0 unspecified atom stereocenters. The molecule has 0 atom stereocenters. The monoisotopic (exact) mass is 694 g/mol. The SMILES string of the molecule is CCCCCCCCOc1cc2nc(-c3cccc(-c4ccccn4)n3)c(-c3cccc(-c4ccccn4)n3)nc2cc1OCCCCCCCC. The van der Waals surface area contributed by atoms with Gasteiger partial charge < -0.3 is 9.47 Å². The van der Waals surface area contributed by atoms with Gasteiger partial charge in [-0.2, -0.15) is 0 Å². The van der Waals surface area contributed by atoms with Crippen LogP contribution in [0.1, 0.15) is 90.9 Å². The van der Waals surface area contributed by atoms with E-state index in [4.69, 9.17) is 29.4 Å². The van der Waals surface area contributed by atoms with Gasteiger partial charge in [0.15, 0.2) is 11.5 Å². The Labute approximate surface area is 308 Å². The van der Waals surface area contributed by atoms with Crippen LogP contribution in [0.5, 0.6) is 11.5 Å². The fourth-order valence-corrected chi connectivity index (χ4v) is 6.22. The van der Waals surface area contributed by atoms with Crippen molar-refractivity contribution in [3.63, 3.8) is 0 Å². The lowest BCUT2D eigenvalue weighted by molar-refractivity contribution is 0.259. The Bertz CT molecular complexity index is 1840. The first-order valence-electron chi connectivity index (χ1n) is 19.1. The Balaban J connectivity index is 1.39. The van der Waals surface area contributed by atoms with Gasteiger partial charge in [0.05, 0.1) is 58.4 Å². The Kier molecular flexibility index (Phi) is 13.6. The van der Waals surface area contributed by atoms with Crippen molar-refractivity contribution in [1.82, 2.24) is 29.9 Å². The van der Waals surface area contributed by atoms with Crippen LogP contribution in [0.15, 0.2) is 97.3 Å². The van der Waals surface area contributed by atoms with Gasteiger partial charge in [0.25, 0.3) is 0 Å². The molecule has 0 saturated carbocycles. The quantitative estimate of drug-likeness (QED) is 0.0729. The standard InChI is InChI=1S/C44H50N6O2/c1-3-5-7-9-11-17-29-51-41-31-39-40(32-42(41)52-30-18-12-10-8-6-4-2)50-44(38-26-20-24-36(48-38)34-22-14-16-28-46-34)43(49-39)37-25-19-23-35(47-37)33-21-13-15-27-45-33/h13-16,19-28,31-32H,3-12,17-18,29-30H2,1-2H3. The number of nitrogens with zero attached hydrogens (tertiary/aromatic N) is 6. The minimum absolute atomic E-state index is 0.624. The fraction of sp³-hybridized carbons (Fsp3) is 0.364. The number of aromatic nitrogens is 6. The van der Waals surface area contributed by atoms with E-state index in [2.05, 4.69) is 23.8 Å². The van der Waals surface area contributed by atoms with Crippen LogP contribution < -0.4 is 9.47 Å². The summed E-state index contributed by atoms with van der Waals surface area (Å²) in [5, 5.41) is 0. The van der Waals surface area contributed by atoms with Gasteiger partial charge >= 0.3 is 0 Å². The minimum Gasteiger partial charge on any atom is -0.490 e. The normalized spacial score (nSPS) is 11.2. The molecule has 0 bridgehead atoms. The smallest absolute Gasteiger partial charge is 0.163 e. The highest BCUT2D eigenvalue weighted by atomic mass is 16.5. The van der Waals surface area contributed by atoms with Crippen molar-refractivity contribution in [1.29, 1.82) is 0 Å². The number of hydrogen-bond donors (Lipinski definition) is 0. The van der Waals surface area contributed by atoms with E-state index in [0.717, 1.165) is 48.5 Å². The molecule has 6 rings (SSSR count). The number of benzene rings is 1. The van der Waals surface area contributed by atoms with Crippen LogP contribution in [0.25, 0.3) is 56.6 Å². The highest BCUT2D eigenvalue weighted by molar-refractivity contribution is 5.87. The van der Waals surface area contributed by atoms with Crippen molar-refractivity contribution >= 4 is 11.0 Å². The second kappa shape index (κ2) is 19.4. The molecule has 0 saturated heterocycles. The number of fused-ring (bicyclic) bond motifs is 1. The van der Waals surface area contributed by atoms with Gasteiger partial charge in [-0.3, -0.25) is 9.97 Å². The summed E-state index contributed by atoms with van der Waals surface area (Å²) in [5.74, 6) is 1.40. The van der Waals surface area contributed by atoms with Crippen LogP contribution in [-0.4, -0.2) is 43.1 Å². The Hall–Kier alpha value is -5.24. The van der Waals surface area contributed by atoms with Crippen molar-refractivity contribution in [2.45, 2.75) is 90.9 Å². The molecule has 6 aromatic rings. The van der Waals surface area contributed by atoms with Crippen molar-refractivity contribution in [3.8, 4) is 57.1 Å². The zero-order valence-corrected chi connectivity index (χ0v) is 30.6. The van der Waals surface area contributed by atoms with E-state index in [1.54, 1.807) is 12.4 Å². The highest BCUT2D eigenvalue weighted by Gasteiger charge is 2.19. The summed E-state index contributed by atoms with van der Waals surface area (Å²) in [7, 11) is 0. The van der Waals surface area contributed by atoms with Gasteiger partial charge in [0.2, 0.25) is 0 Å². The first-order chi connectivity index (χ1) is 25.7. The third-order valence-corrected chi connectivity index (χ3v) is 9.08. The van der Waals surface area contributed by atoms with Crippen LogP contribution in [0.3, 0.4) is 0 Å². The van der Waals surface area contributed by atoms with Crippen LogP contribution in [-0.2, 0) is 0 Å². The molecule has 8 heteroatoms. The molecule has 268 valence electrons. The molecule has 5 aromatic heterocycles. The number of unbranched alkanes of at least 4 members (excludes halogenated alkanes) is 10. The molecule has 52 heavy (non-hydrogen) atoms. The van der Waals surface area contributed by atoms with Gasteiger partial charge in [-0.05, 0) is 61.4 Å². The maximum absolute atomic E-state index is 6.43. The van der Waals surface area contributed by atoms with E-state index in [1.807, 2.05) is 84.9 Å². The van der Waals surface area contributed by atoms with Crippen molar-refractivity contribution < 1.29 is 9.47 Å². The number of ether oxygens (including phenoxy) is 2. The number of pyridine rings is 4. The molecule has 0 amide bonds. The molecular weight excluding hydrogens is 645 g/mol. The molecular formula is C44H50N6O2. The van der Waals surface area contributed by atoms with E-state index >= 15 is 0 Å². The van der Waals surface area contributed by atoms with Gasteiger partial charge in [-0.15, -0.1) is 0 Å². The number of rotatable bonds is 20. The molecule has 0 spiro atoms. The molecule has 8 nitrogen and oxygen atoms in total. The molecule has 0 aliphatic carbocycles. The lowest BCUT2D eigenvalue weighted by atomic mass is 10.1. The largest absolute Gasteiger partial charge is 0.490 e. The summed E-state index contributed by atoms with van der Waals surface area (Å²) >= 11 is 0. The molecule has 0 fully saturated rings. The summed E-state index contributed by atoms with van der Waals surface area (Å²) in [6.07, 6.45) is 17.9. The average molecular weight is 695 g/mol. The predicted octanol–water partition coefficient (Wildman–Crippen LogP) is 11.4. The molecule has 1 aromatic carbocycles. The fourth-order valence-electron chi connectivity index (χ4n) is 6.22. The Morgan fingerprint density at radius 1 is 0.404 bits per heavy atom. The second-order valence-corrected chi connectivity index (χ2v) is 13.2. The first kappa shape index (κ1) is 36.5. The zero-order chi connectivity index (χ0) is 35.8. The molecule has 0 radical (unpaired) electrons. The van der Waals surface area contributed by atoms with Crippen LogP contribution in [0.2, 0.25) is 0 Å². The molecule has 5 heterocycles.